The Balaban J connectivity index is 1.91. The number of amides is 1. The Bertz CT molecular complexity index is 407. The Morgan fingerprint density at radius 1 is 1.32 bits per heavy atom. The van der Waals surface area contributed by atoms with Crippen LogP contribution in [0.1, 0.15) is 50.8 Å². The minimum Gasteiger partial charge on any atom is -0.341 e. The lowest BCUT2D eigenvalue weighted by Crippen LogP contribution is -2.36. The number of hydrogen-bond donors (Lipinski definition) is 1. The van der Waals surface area contributed by atoms with Crippen LogP contribution >= 0.6 is 0 Å². The largest absolute Gasteiger partial charge is 0.341 e. The van der Waals surface area contributed by atoms with Crippen molar-refractivity contribution in [3.05, 3.63) is 11.9 Å². The van der Waals surface area contributed by atoms with Crippen molar-refractivity contribution in [2.75, 3.05) is 13.1 Å². The van der Waals surface area contributed by atoms with Gasteiger partial charge in [0.2, 0.25) is 5.91 Å². The van der Waals surface area contributed by atoms with Crippen LogP contribution in [0.15, 0.2) is 6.20 Å². The highest BCUT2D eigenvalue weighted by molar-refractivity contribution is 5.75. The standard InChI is InChI=1S/C13H23N5O/c1-11(14)12-9-18(16-15-12)10-13(19)17-7-5-3-2-4-6-8-17/h9,11H,2-8,10,14H2,1H3. The van der Waals surface area contributed by atoms with Crippen molar-refractivity contribution in [3.8, 4) is 0 Å². The van der Waals surface area contributed by atoms with Crippen molar-refractivity contribution in [3.63, 3.8) is 0 Å². The van der Waals surface area contributed by atoms with E-state index in [0.717, 1.165) is 31.6 Å². The summed E-state index contributed by atoms with van der Waals surface area (Å²) in [4.78, 5) is 14.2. The van der Waals surface area contributed by atoms with E-state index in [1.165, 1.54) is 19.3 Å². The third kappa shape index (κ3) is 4.02. The molecule has 2 heterocycles. The van der Waals surface area contributed by atoms with E-state index in [4.69, 9.17) is 5.73 Å². The van der Waals surface area contributed by atoms with E-state index in [1.54, 1.807) is 10.9 Å². The van der Waals surface area contributed by atoms with Gasteiger partial charge in [0, 0.05) is 19.1 Å². The molecule has 19 heavy (non-hydrogen) atoms. The molecule has 1 aliphatic rings. The summed E-state index contributed by atoms with van der Waals surface area (Å²) in [5, 5.41) is 7.92. The second kappa shape index (κ2) is 6.65. The summed E-state index contributed by atoms with van der Waals surface area (Å²) in [6.07, 6.45) is 7.71. The van der Waals surface area contributed by atoms with Crippen LogP contribution < -0.4 is 5.73 Å². The second-order valence-electron chi connectivity index (χ2n) is 5.28. The van der Waals surface area contributed by atoms with E-state index in [9.17, 15) is 4.79 Å². The predicted octanol–water partition coefficient (Wildman–Crippen LogP) is 1.09. The van der Waals surface area contributed by atoms with Gasteiger partial charge in [-0.15, -0.1) is 5.10 Å². The average Bonchev–Trinajstić information content (AvgIpc) is 2.76. The lowest BCUT2D eigenvalue weighted by atomic mass is 10.1. The van der Waals surface area contributed by atoms with Crippen LogP contribution in [0.4, 0.5) is 0 Å². The highest BCUT2D eigenvalue weighted by Gasteiger charge is 2.16. The maximum absolute atomic E-state index is 12.2. The Labute approximate surface area is 113 Å². The Morgan fingerprint density at radius 2 is 1.95 bits per heavy atom. The fourth-order valence-corrected chi connectivity index (χ4v) is 2.33. The molecule has 1 saturated heterocycles. The third-order valence-electron chi connectivity index (χ3n) is 3.53. The van der Waals surface area contributed by atoms with Crippen molar-refractivity contribution in [1.82, 2.24) is 19.9 Å². The Kier molecular flexibility index (Phi) is 4.90. The second-order valence-corrected chi connectivity index (χ2v) is 5.28. The molecular formula is C13H23N5O. The number of rotatable bonds is 3. The molecule has 0 radical (unpaired) electrons. The summed E-state index contributed by atoms with van der Waals surface area (Å²) in [6, 6.07) is -0.148. The number of carbonyl (C=O) groups excluding carboxylic acids is 1. The van der Waals surface area contributed by atoms with Gasteiger partial charge >= 0.3 is 0 Å². The molecule has 2 rings (SSSR count). The van der Waals surface area contributed by atoms with Crippen molar-refractivity contribution >= 4 is 5.91 Å². The van der Waals surface area contributed by atoms with Crippen molar-refractivity contribution in [2.24, 2.45) is 5.73 Å². The molecule has 0 spiro atoms. The smallest absolute Gasteiger partial charge is 0.244 e. The summed E-state index contributed by atoms with van der Waals surface area (Å²) in [6.45, 7) is 3.86. The fourth-order valence-electron chi connectivity index (χ4n) is 2.33. The summed E-state index contributed by atoms with van der Waals surface area (Å²) in [7, 11) is 0. The molecule has 1 atom stereocenters. The van der Waals surface area contributed by atoms with E-state index in [2.05, 4.69) is 10.3 Å². The number of hydrogen-bond acceptors (Lipinski definition) is 4. The summed E-state index contributed by atoms with van der Waals surface area (Å²) in [5.41, 5.74) is 6.45. The van der Waals surface area contributed by atoms with Crippen LogP contribution in [-0.4, -0.2) is 38.9 Å². The number of aromatic nitrogens is 3. The molecule has 0 aromatic carbocycles. The molecule has 1 unspecified atom stereocenters. The van der Waals surface area contributed by atoms with Crippen LogP contribution in [0.5, 0.6) is 0 Å². The summed E-state index contributed by atoms with van der Waals surface area (Å²) < 4.78 is 1.58. The first kappa shape index (κ1) is 14.0. The SMILES string of the molecule is CC(N)c1cn(CC(=O)N2CCCCCCC2)nn1. The van der Waals surface area contributed by atoms with Crippen molar-refractivity contribution < 1.29 is 4.79 Å². The molecule has 0 saturated carbocycles. The van der Waals surface area contributed by atoms with Gasteiger partial charge in [-0.25, -0.2) is 4.68 Å². The zero-order valence-corrected chi connectivity index (χ0v) is 11.6. The number of nitrogens with two attached hydrogens (primary N) is 1. The molecule has 0 bridgehead atoms. The van der Waals surface area contributed by atoms with Gasteiger partial charge in [-0.2, -0.15) is 0 Å². The quantitative estimate of drug-likeness (QED) is 0.887. The number of likely N-dealkylation sites (tertiary alicyclic amines) is 1. The van der Waals surface area contributed by atoms with Crippen LogP contribution in [0, 0.1) is 0 Å². The van der Waals surface area contributed by atoms with Gasteiger partial charge in [-0.05, 0) is 19.8 Å². The van der Waals surface area contributed by atoms with E-state index < -0.39 is 0 Å². The number of nitrogens with zero attached hydrogens (tertiary/aromatic N) is 4. The van der Waals surface area contributed by atoms with Crippen molar-refractivity contribution in [2.45, 2.75) is 51.6 Å². The minimum atomic E-state index is -0.148. The van der Waals surface area contributed by atoms with Crippen molar-refractivity contribution in [1.29, 1.82) is 0 Å². The Morgan fingerprint density at radius 3 is 2.53 bits per heavy atom. The molecule has 6 nitrogen and oxygen atoms in total. The first-order chi connectivity index (χ1) is 9.16. The molecule has 1 fully saturated rings. The van der Waals surface area contributed by atoms with Crippen LogP contribution in [-0.2, 0) is 11.3 Å². The van der Waals surface area contributed by atoms with Gasteiger partial charge in [0.25, 0.3) is 0 Å². The van der Waals surface area contributed by atoms with Gasteiger partial charge in [-0.3, -0.25) is 4.79 Å². The third-order valence-corrected chi connectivity index (χ3v) is 3.53. The van der Waals surface area contributed by atoms with E-state index >= 15 is 0 Å². The fraction of sp³-hybridized carbons (Fsp3) is 0.769. The first-order valence-corrected chi connectivity index (χ1v) is 7.10. The van der Waals surface area contributed by atoms with Gasteiger partial charge in [-0.1, -0.05) is 24.5 Å². The average molecular weight is 265 g/mol. The molecule has 1 aromatic rings. The zero-order valence-electron chi connectivity index (χ0n) is 11.6. The molecule has 0 aliphatic carbocycles. The highest BCUT2D eigenvalue weighted by atomic mass is 16.2. The zero-order chi connectivity index (χ0) is 13.7. The van der Waals surface area contributed by atoms with Gasteiger partial charge < -0.3 is 10.6 Å². The molecule has 106 valence electrons. The molecule has 1 amide bonds. The van der Waals surface area contributed by atoms with Crippen LogP contribution in [0.3, 0.4) is 0 Å². The maximum atomic E-state index is 12.2. The summed E-state index contributed by atoms with van der Waals surface area (Å²) >= 11 is 0. The first-order valence-electron chi connectivity index (χ1n) is 7.10. The molecule has 1 aliphatic heterocycles. The predicted molar refractivity (Wildman–Crippen MR) is 72.3 cm³/mol. The number of carbonyl (C=O) groups is 1. The summed E-state index contributed by atoms with van der Waals surface area (Å²) in [5.74, 6) is 0.128. The van der Waals surface area contributed by atoms with Gasteiger partial charge in [0.05, 0.1) is 11.9 Å². The maximum Gasteiger partial charge on any atom is 0.244 e. The lowest BCUT2D eigenvalue weighted by molar-refractivity contribution is -0.132. The van der Waals surface area contributed by atoms with Crippen LogP contribution in [0.25, 0.3) is 0 Å². The van der Waals surface area contributed by atoms with Crippen LogP contribution in [0.2, 0.25) is 0 Å². The molecular weight excluding hydrogens is 242 g/mol. The normalized spacial score (nSPS) is 18.7. The van der Waals surface area contributed by atoms with Gasteiger partial charge in [0.1, 0.15) is 6.54 Å². The minimum absolute atomic E-state index is 0.128. The van der Waals surface area contributed by atoms with E-state index in [1.807, 2.05) is 11.8 Å². The monoisotopic (exact) mass is 265 g/mol. The van der Waals surface area contributed by atoms with Gasteiger partial charge in [0.15, 0.2) is 0 Å². The van der Waals surface area contributed by atoms with E-state index in [0.29, 0.717) is 0 Å². The molecule has 6 heteroatoms. The lowest BCUT2D eigenvalue weighted by Gasteiger charge is -2.24. The van der Waals surface area contributed by atoms with E-state index in [-0.39, 0.29) is 18.5 Å². The topological polar surface area (TPSA) is 77.0 Å². The molecule has 1 aromatic heterocycles. The Hall–Kier alpha value is -1.43. The molecule has 2 N–H and O–H groups in total. The highest BCUT2D eigenvalue weighted by Crippen LogP contribution is 2.11.